The number of nitrogens with one attached hydrogen (secondary N) is 2. The van der Waals surface area contributed by atoms with Gasteiger partial charge in [0.15, 0.2) is 0 Å². The molecule has 3 rings (SSSR count). The van der Waals surface area contributed by atoms with E-state index in [-0.39, 0.29) is 11.7 Å². The van der Waals surface area contributed by atoms with Gasteiger partial charge >= 0.3 is 0 Å². The molecule has 0 saturated heterocycles. The molecule has 0 radical (unpaired) electrons. The van der Waals surface area contributed by atoms with Gasteiger partial charge in [-0.3, -0.25) is 9.59 Å². The van der Waals surface area contributed by atoms with Gasteiger partial charge in [-0.15, -0.1) is 0 Å². The summed E-state index contributed by atoms with van der Waals surface area (Å²) in [4.78, 5) is 24.0. The molecule has 2 amide bonds. The molecule has 0 spiro atoms. The summed E-state index contributed by atoms with van der Waals surface area (Å²) < 4.78 is 10.7. The van der Waals surface area contributed by atoms with Crippen LogP contribution in [0.3, 0.4) is 0 Å². The van der Waals surface area contributed by atoms with E-state index in [4.69, 9.17) is 9.15 Å². The van der Waals surface area contributed by atoms with Crippen molar-refractivity contribution in [1.82, 2.24) is 0 Å². The van der Waals surface area contributed by atoms with Crippen LogP contribution < -0.4 is 15.4 Å². The topological polar surface area (TPSA) is 80.6 Å². The first-order valence-corrected chi connectivity index (χ1v) is 7.33. The Morgan fingerprint density at radius 2 is 1.71 bits per heavy atom. The van der Waals surface area contributed by atoms with Gasteiger partial charge in [0.2, 0.25) is 11.7 Å². The number of anilines is 2. The number of hydrogen-bond donors (Lipinski definition) is 2. The van der Waals surface area contributed by atoms with Crippen LogP contribution in [0.25, 0.3) is 11.0 Å². The highest BCUT2D eigenvalue weighted by Crippen LogP contribution is 2.31. The van der Waals surface area contributed by atoms with Crippen molar-refractivity contribution in [3.8, 4) is 5.75 Å². The number of para-hydroxylation sites is 1. The first kappa shape index (κ1) is 15.6. The Morgan fingerprint density at radius 1 is 1.00 bits per heavy atom. The Labute approximate surface area is 138 Å². The largest absolute Gasteiger partial charge is 0.497 e. The summed E-state index contributed by atoms with van der Waals surface area (Å²) in [5.74, 6) is 0.0260. The van der Waals surface area contributed by atoms with Gasteiger partial charge in [0, 0.05) is 18.0 Å². The zero-order valence-corrected chi connectivity index (χ0v) is 13.3. The zero-order valence-electron chi connectivity index (χ0n) is 13.3. The minimum Gasteiger partial charge on any atom is -0.497 e. The van der Waals surface area contributed by atoms with E-state index in [0.29, 0.717) is 28.1 Å². The monoisotopic (exact) mass is 324 g/mol. The lowest BCUT2D eigenvalue weighted by molar-refractivity contribution is -0.114. The molecule has 0 fully saturated rings. The van der Waals surface area contributed by atoms with Gasteiger partial charge in [-0.25, -0.2) is 0 Å². The van der Waals surface area contributed by atoms with Gasteiger partial charge in [0.25, 0.3) is 5.91 Å². The van der Waals surface area contributed by atoms with Gasteiger partial charge in [-0.05, 0) is 36.4 Å². The summed E-state index contributed by atoms with van der Waals surface area (Å²) in [5.41, 5.74) is 1.49. The molecule has 2 aromatic carbocycles. The molecule has 1 heterocycles. The quantitative estimate of drug-likeness (QED) is 0.767. The minimum absolute atomic E-state index is 0.0576. The maximum Gasteiger partial charge on any atom is 0.293 e. The van der Waals surface area contributed by atoms with Gasteiger partial charge in [-0.2, -0.15) is 0 Å². The zero-order chi connectivity index (χ0) is 17.1. The summed E-state index contributed by atoms with van der Waals surface area (Å²) in [6.07, 6.45) is 0. The predicted molar refractivity (Wildman–Crippen MR) is 91.5 cm³/mol. The van der Waals surface area contributed by atoms with Crippen molar-refractivity contribution in [1.29, 1.82) is 0 Å². The molecular weight excluding hydrogens is 308 g/mol. The molecule has 122 valence electrons. The Morgan fingerprint density at radius 3 is 2.38 bits per heavy atom. The maximum absolute atomic E-state index is 12.6. The molecule has 6 nitrogen and oxygen atoms in total. The molecule has 3 aromatic rings. The lowest BCUT2D eigenvalue weighted by Gasteiger charge is -2.06. The van der Waals surface area contributed by atoms with E-state index in [9.17, 15) is 9.59 Å². The van der Waals surface area contributed by atoms with Gasteiger partial charge in [-0.1, -0.05) is 12.1 Å². The lowest BCUT2D eigenvalue weighted by Crippen LogP contribution is -2.15. The fourth-order valence-corrected chi connectivity index (χ4v) is 2.37. The van der Waals surface area contributed by atoms with Crippen LogP contribution in [0.2, 0.25) is 0 Å². The van der Waals surface area contributed by atoms with Crippen LogP contribution in [-0.2, 0) is 4.79 Å². The highest BCUT2D eigenvalue weighted by Gasteiger charge is 2.21. The van der Waals surface area contributed by atoms with E-state index in [1.165, 1.54) is 6.92 Å². The van der Waals surface area contributed by atoms with Crippen molar-refractivity contribution < 1.29 is 18.7 Å². The molecule has 0 aliphatic carbocycles. The van der Waals surface area contributed by atoms with Crippen LogP contribution in [0.1, 0.15) is 17.5 Å². The Balaban J connectivity index is 1.94. The molecule has 0 aliphatic heterocycles. The first-order chi connectivity index (χ1) is 11.6. The number of amides is 2. The number of benzene rings is 2. The molecule has 0 unspecified atom stereocenters. The highest BCUT2D eigenvalue weighted by molar-refractivity contribution is 6.14. The lowest BCUT2D eigenvalue weighted by atomic mass is 10.2. The predicted octanol–water partition coefficient (Wildman–Crippen LogP) is 3.65. The molecule has 0 atom stereocenters. The van der Waals surface area contributed by atoms with E-state index in [2.05, 4.69) is 10.6 Å². The van der Waals surface area contributed by atoms with Gasteiger partial charge in [0.1, 0.15) is 17.0 Å². The summed E-state index contributed by atoms with van der Waals surface area (Å²) in [5, 5.41) is 6.09. The third-order valence-electron chi connectivity index (χ3n) is 3.45. The van der Waals surface area contributed by atoms with E-state index in [1.807, 2.05) is 6.07 Å². The third-order valence-corrected chi connectivity index (χ3v) is 3.45. The van der Waals surface area contributed by atoms with Crippen molar-refractivity contribution in [2.75, 3.05) is 17.7 Å². The number of rotatable bonds is 4. The Kier molecular flexibility index (Phi) is 4.20. The number of methoxy groups -OCH3 is 1. The van der Waals surface area contributed by atoms with E-state index >= 15 is 0 Å². The van der Waals surface area contributed by atoms with E-state index < -0.39 is 5.91 Å². The minimum atomic E-state index is -0.444. The van der Waals surface area contributed by atoms with Crippen molar-refractivity contribution in [2.45, 2.75) is 6.92 Å². The molecule has 0 saturated carbocycles. The Hall–Kier alpha value is -3.28. The molecule has 0 aliphatic rings. The SMILES string of the molecule is COc1ccc(NC(=O)c2oc3ccccc3c2NC(C)=O)cc1. The normalized spacial score (nSPS) is 10.4. The van der Waals surface area contributed by atoms with Crippen LogP contribution in [0.15, 0.2) is 52.9 Å². The number of ether oxygens (including phenoxy) is 1. The highest BCUT2D eigenvalue weighted by atomic mass is 16.5. The average Bonchev–Trinajstić information content (AvgIpc) is 2.94. The second-order valence-corrected chi connectivity index (χ2v) is 5.17. The number of fused-ring (bicyclic) bond motifs is 1. The van der Waals surface area contributed by atoms with Crippen molar-refractivity contribution in [3.63, 3.8) is 0 Å². The number of hydrogen-bond acceptors (Lipinski definition) is 4. The van der Waals surface area contributed by atoms with E-state index in [0.717, 1.165) is 0 Å². The summed E-state index contributed by atoms with van der Waals surface area (Å²) in [6, 6.07) is 14.1. The van der Waals surface area contributed by atoms with Crippen LogP contribution in [0.5, 0.6) is 5.75 Å². The first-order valence-electron chi connectivity index (χ1n) is 7.33. The summed E-state index contributed by atoms with van der Waals surface area (Å²) >= 11 is 0. The molecule has 0 bridgehead atoms. The second-order valence-electron chi connectivity index (χ2n) is 5.17. The molecular formula is C18H16N2O4. The number of furan rings is 1. The standard InChI is InChI=1S/C18H16N2O4/c1-11(21)19-16-14-5-3-4-6-15(14)24-17(16)18(22)20-12-7-9-13(23-2)10-8-12/h3-10H,1-2H3,(H,19,21)(H,20,22). The fraction of sp³-hybridized carbons (Fsp3) is 0.111. The molecule has 6 heteroatoms. The third kappa shape index (κ3) is 3.08. The summed E-state index contributed by atoms with van der Waals surface area (Å²) in [6.45, 7) is 1.38. The molecule has 24 heavy (non-hydrogen) atoms. The van der Waals surface area contributed by atoms with Gasteiger partial charge in [0.05, 0.1) is 7.11 Å². The Bertz CT molecular complexity index is 897. The van der Waals surface area contributed by atoms with Gasteiger partial charge < -0.3 is 19.8 Å². The smallest absolute Gasteiger partial charge is 0.293 e. The second kappa shape index (κ2) is 6.45. The van der Waals surface area contributed by atoms with Crippen molar-refractivity contribution in [3.05, 3.63) is 54.3 Å². The van der Waals surface area contributed by atoms with Crippen molar-refractivity contribution >= 4 is 34.2 Å². The van der Waals surface area contributed by atoms with Crippen LogP contribution in [0.4, 0.5) is 11.4 Å². The average molecular weight is 324 g/mol. The molecule has 2 N–H and O–H groups in total. The summed E-state index contributed by atoms with van der Waals surface area (Å²) in [7, 11) is 1.57. The maximum atomic E-state index is 12.6. The van der Waals surface area contributed by atoms with Crippen molar-refractivity contribution in [2.24, 2.45) is 0 Å². The number of carbonyl (C=O) groups is 2. The van der Waals surface area contributed by atoms with E-state index in [1.54, 1.807) is 49.6 Å². The number of carbonyl (C=O) groups excluding carboxylic acids is 2. The van der Waals surface area contributed by atoms with Crippen LogP contribution in [0, 0.1) is 0 Å². The molecule has 1 aromatic heterocycles. The van der Waals surface area contributed by atoms with Crippen LogP contribution >= 0.6 is 0 Å². The fourth-order valence-electron chi connectivity index (χ4n) is 2.37. The van der Waals surface area contributed by atoms with Crippen LogP contribution in [-0.4, -0.2) is 18.9 Å².